The van der Waals surface area contributed by atoms with Gasteiger partial charge >= 0.3 is 0 Å². The van der Waals surface area contributed by atoms with E-state index in [1.165, 1.54) is 6.92 Å². The van der Waals surface area contributed by atoms with Gasteiger partial charge in [0.15, 0.2) is 11.5 Å². The number of amides is 1. The molecule has 0 spiro atoms. The van der Waals surface area contributed by atoms with Crippen molar-refractivity contribution in [2.75, 3.05) is 46.2 Å². The molecule has 1 aromatic carbocycles. The van der Waals surface area contributed by atoms with Gasteiger partial charge in [0.1, 0.15) is 0 Å². The number of hydrogen-bond donors (Lipinski definition) is 1. The maximum Gasteiger partial charge on any atom is 0.231 e. The molecule has 0 radical (unpaired) electrons. The first-order valence-electron chi connectivity index (χ1n) is 7.33. The Hall–Kier alpha value is -2.25. The van der Waals surface area contributed by atoms with Crippen LogP contribution < -0.4 is 19.9 Å². The van der Waals surface area contributed by atoms with E-state index in [0.29, 0.717) is 30.3 Å². The molecule has 0 saturated carbocycles. The molecule has 1 aliphatic rings. The van der Waals surface area contributed by atoms with Gasteiger partial charge in [0, 0.05) is 44.4 Å². The largest absolute Gasteiger partial charge is 0.454 e. The molecule has 1 heterocycles. The lowest BCUT2D eigenvalue weighted by atomic mass is 10.1. The minimum Gasteiger partial charge on any atom is -0.454 e. The fourth-order valence-corrected chi connectivity index (χ4v) is 2.37. The number of nitrogens with one attached hydrogen (secondary N) is 1. The first-order valence-corrected chi connectivity index (χ1v) is 7.33. The Morgan fingerprint density at radius 1 is 1.39 bits per heavy atom. The molecule has 1 aromatic rings. The molecule has 2 rings (SSSR count). The van der Waals surface area contributed by atoms with E-state index in [0.717, 1.165) is 11.3 Å². The average molecular weight is 321 g/mol. The normalized spacial score (nSPS) is 12.2. The molecule has 7 heteroatoms. The van der Waals surface area contributed by atoms with Crippen molar-refractivity contribution in [3.8, 4) is 11.5 Å². The number of anilines is 1. The van der Waals surface area contributed by atoms with Crippen molar-refractivity contribution in [1.29, 1.82) is 0 Å². The van der Waals surface area contributed by atoms with Crippen molar-refractivity contribution in [3.05, 3.63) is 24.3 Å². The lowest BCUT2D eigenvalue weighted by Crippen LogP contribution is -2.33. The number of hydroxylamine groups is 1. The van der Waals surface area contributed by atoms with Crippen molar-refractivity contribution in [2.45, 2.75) is 6.92 Å². The summed E-state index contributed by atoms with van der Waals surface area (Å²) >= 11 is 0. The number of rotatable bonds is 7. The summed E-state index contributed by atoms with van der Waals surface area (Å²) in [5.41, 5.74) is 2.09. The number of likely N-dealkylation sites (N-methyl/N-ethyl adjacent to an activating group) is 1. The number of benzene rings is 1. The maximum absolute atomic E-state index is 12.0. The Bertz CT molecular complexity index is 603. The molecule has 126 valence electrons. The SMILES string of the molecule is C=C(c1cc2c(cc1N(C)OC)OCO2)N(CCNC)C(C)=O. The first kappa shape index (κ1) is 17.1. The van der Waals surface area contributed by atoms with Gasteiger partial charge in [-0.3, -0.25) is 14.7 Å². The lowest BCUT2D eigenvalue weighted by Gasteiger charge is -2.27. The van der Waals surface area contributed by atoms with E-state index in [1.807, 2.05) is 19.2 Å². The number of fused-ring (bicyclic) bond motifs is 1. The van der Waals surface area contributed by atoms with Gasteiger partial charge < -0.3 is 19.7 Å². The maximum atomic E-state index is 12.0. The average Bonchev–Trinajstić information content (AvgIpc) is 3.00. The van der Waals surface area contributed by atoms with E-state index in [4.69, 9.17) is 14.3 Å². The third-order valence-electron chi connectivity index (χ3n) is 3.71. The quantitative estimate of drug-likeness (QED) is 0.767. The van der Waals surface area contributed by atoms with Gasteiger partial charge in [0.2, 0.25) is 12.7 Å². The molecule has 23 heavy (non-hydrogen) atoms. The van der Waals surface area contributed by atoms with Crippen LogP contribution in [0.3, 0.4) is 0 Å². The monoisotopic (exact) mass is 321 g/mol. The number of hydrogen-bond acceptors (Lipinski definition) is 6. The van der Waals surface area contributed by atoms with Crippen LogP contribution in [0.15, 0.2) is 18.7 Å². The van der Waals surface area contributed by atoms with E-state index in [2.05, 4.69) is 11.9 Å². The van der Waals surface area contributed by atoms with E-state index >= 15 is 0 Å². The second-order valence-corrected chi connectivity index (χ2v) is 5.12. The van der Waals surface area contributed by atoms with Gasteiger partial charge in [-0.2, -0.15) is 0 Å². The van der Waals surface area contributed by atoms with Crippen LogP contribution in [0.2, 0.25) is 0 Å². The van der Waals surface area contributed by atoms with Crippen molar-refractivity contribution >= 4 is 17.3 Å². The minimum atomic E-state index is -0.0751. The molecule has 0 fully saturated rings. The van der Waals surface area contributed by atoms with Crippen molar-refractivity contribution in [3.63, 3.8) is 0 Å². The molecule has 0 bridgehead atoms. The molecular weight excluding hydrogens is 298 g/mol. The van der Waals surface area contributed by atoms with Crippen LogP contribution in [0.1, 0.15) is 12.5 Å². The van der Waals surface area contributed by atoms with Gasteiger partial charge in [0.25, 0.3) is 0 Å². The van der Waals surface area contributed by atoms with Crippen LogP contribution >= 0.6 is 0 Å². The van der Waals surface area contributed by atoms with Crippen LogP contribution in [0.4, 0.5) is 5.69 Å². The molecule has 0 saturated heterocycles. The topological polar surface area (TPSA) is 63.3 Å². The molecule has 0 atom stereocenters. The molecule has 1 aliphatic heterocycles. The predicted molar refractivity (Wildman–Crippen MR) is 88.3 cm³/mol. The van der Waals surface area contributed by atoms with Crippen molar-refractivity contribution < 1.29 is 19.1 Å². The molecule has 0 unspecified atom stereocenters. The van der Waals surface area contributed by atoms with E-state index in [9.17, 15) is 4.79 Å². The summed E-state index contributed by atoms with van der Waals surface area (Å²) in [5, 5.41) is 4.63. The van der Waals surface area contributed by atoms with Gasteiger partial charge in [-0.15, -0.1) is 0 Å². The molecule has 1 N–H and O–H groups in total. The standard InChI is InChI=1S/C16H23N3O4/c1-11(19(12(2)20)7-6-17-3)13-8-15-16(23-10-22-15)9-14(13)18(4)21-5/h8-9,17H,1,6-7,10H2,2-5H3. The zero-order valence-electron chi connectivity index (χ0n) is 14.0. The predicted octanol–water partition coefficient (Wildman–Crippen LogP) is 1.45. The summed E-state index contributed by atoms with van der Waals surface area (Å²) in [6, 6.07) is 3.65. The first-order chi connectivity index (χ1) is 11.0. The summed E-state index contributed by atoms with van der Waals surface area (Å²) in [7, 11) is 5.19. The molecule has 0 aliphatic carbocycles. The molecule has 1 amide bonds. The Kier molecular flexibility index (Phi) is 5.46. The van der Waals surface area contributed by atoms with Crippen molar-refractivity contribution in [2.24, 2.45) is 0 Å². The summed E-state index contributed by atoms with van der Waals surface area (Å²) in [6.45, 7) is 6.99. The fraction of sp³-hybridized carbons (Fsp3) is 0.438. The Morgan fingerprint density at radius 2 is 2.04 bits per heavy atom. The van der Waals surface area contributed by atoms with E-state index in [-0.39, 0.29) is 12.7 Å². The summed E-state index contributed by atoms with van der Waals surface area (Å²) in [5.74, 6) is 1.20. The third kappa shape index (κ3) is 3.57. The highest BCUT2D eigenvalue weighted by atomic mass is 16.7. The fourth-order valence-electron chi connectivity index (χ4n) is 2.37. The second kappa shape index (κ2) is 7.34. The second-order valence-electron chi connectivity index (χ2n) is 5.12. The minimum absolute atomic E-state index is 0.0751. The highest BCUT2D eigenvalue weighted by Crippen LogP contribution is 2.41. The Morgan fingerprint density at radius 3 is 2.61 bits per heavy atom. The molecule has 7 nitrogen and oxygen atoms in total. The van der Waals surface area contributed by atoms with Gasteiger partial charge in [-0.25, -0.2) is 0 Å². The summed E-state index contributed by atoms with van der Waals surface area (Å²) < 4.78 is 10.9. The van der Waals surface area contributed by atoms with E-state index in [1.54, 1.807) is 24.1 Å². The smallest absolute Gasteiger partial charge is 0.231 e. The third-order valence-corrected chi connectivity index (χ3v) is 3.71. The van der Waals surface area contributed by atoms with Gasteiger partial charge in [-0.1, -0.05) is 6.58 Å². The number of carbonyl (C=O) groups excluding carboxylic acids is 1. The van der Waals surface area contributed by atoms with Crippen LogP contribution in [0.25, 0.3) is 5.70 Å². The van der Waals surface area contributed by atoms with E-state index < -0.39 is 0 Å². The number of nitrogens with zero attached hydrogens (tertiary/aromatic N) is 2. The summed E-state index contributed by atoms with van der Waals surface area (Å²) in [4.78, 5) is 18.9. The Labute approximate surface area is 136 Å². The molecule has 0 aromatic heterocycles. The zero-order valence-corrected chi connectivity index (χ0v) is 14.0. The van der Waals surface area contributed by atoms with Crippen LogP contribution in [-0.2, 0) is 9.63 Å². The Balaban J connectivity index is 2.43. The van der Waals surface area contributed by atoms with Crippen LogP contribution in [-0.4, -0.2) is 51.9 Å². The number of carbonyl (C=O) groups is 1. The number of ether oxygens (including phenoxy) is 2. The van der Waals surface area contributed by atoms with Gasteiger partial charge in [0.05, 0.1) is 12.8 Å². The van der Waals surface area contributed by atoms with Crippen LogP contribution in [0.5, 0.6) is 11.5 Å². The molecular formula is C16H23N3O4. The highest BCUT2D eigenvalue weighted by Gasteiger charge is 2.24. The highest BCUT2D eigenvalue weighted by molar-refractivity contribution is 5.88. The summed E-state index contributed by atoms with van der Waals surface area (Å²) in [6.07, 6.45) is 0. The van der Waals surface area contributed by atoms with Gasteiger partial charge in [-0.05, 0) is 13.1 Å². The zero-order chi connectivity index (χ0) is 17.0. The van der Waals surface area contributed by atoms with Crippen molar-refractivity contribution in [1.82, 2.24) is 10.2 Å². The van der Waals surface area contributed by atoms with Crippen LogP contribution in [0, 0.1) is 0 Å². The lowest BCUT2D eigenvalue weighted by molar-refractivity contribution is -0.125.